The monoisotopic (exact) mass is 342 g/mol. The number of hydrogen-bond donors (Lipinski definition) is 1. The van der Waals surface area contributed by atoms with Crippen molar-refractivity contribution in [2.75, 3.05) is 23.9 Å². The second-order valence-corrected chi connectivity index (χ2v) is 6.60. The Labute approximate surface area is 148 Å². The maximum Gasteiger partial charge on any atom is 0.236 e. The molecule has 1 atom stereocenters. The number of nitrogens with zero attached hydrogens (tertiary/aromatic N) is 3. The minimum atomic E-state index is -0.0235. The zero-order valence-corrected chi connectivity index (χ0v) is 15.4. The van der Waals surface area contributed by atoms with Gasteiger partial charge >= 0.3 is 0 Å². The number of nitrogens with one attached hydrogen (secondary N) is 1. The van der Waals surface area contributed by atoms with Gasteiger partial charge in [0.15, 0.2) is 0 Å². The summed E-state index contributed by atoms with van der Waals surface area (Å²) >= 11 is 0. The molecule has 6 nitrogen and oxygen atoms in total. The van der Waals surface area contributed by atoms with Gasteiger partial charge in [-0.1, -0.05) is 18.2 Å². The smallest absolute Gasteiger partial charge is 0.236 e. The lowest BCUT2D eigenvalue weighted by atomic mass is 9.96. The Bertz CT molecular complexity index is 769. The van der Waals surface area contributed by atoms with Gasteiger partial charge in [0.1, 0.15) is 5.69 Å². The van der Waals surface area contributed by atoms with Gasteiger partial charge in [0.2, 0.25) is 11.8 Å². The van der Waals surface area contributed by atoms with Crippen LogP contribution in [0.4, 0.5) is 11.4 Å². The predicted octanol–water partition coefficient (Wildman–Crippen LogP) is 2.91. The summed E-state index contributed by atoms with van der Waals surface area (Å²) in [5, 5.41) is 7.25. The molecule has 1 aliphatic heterocycles. The van der Waals surface area contributed by atoms with Crippen LogP contribution in [0.15, 0.2) is 24.3 Å². The molecule has 0 saturated carbocycles. The minimum Gasteiger partial charge on any atom is -0.480 e. The number of benzene rings is 1. The second kappa shape index (κ2) is 7.17. The van der Waals surface area contributed by atoms with E-state index in [4.69, 9.17) is 4.74 Å². The van der Waals surface area contributed by atoms with Crippen LogP contribution in [0.25, 0.3) is 0 Å². The van der Waals surface area contributed by atoms with E-state index < -0.39 is 0 Å². The fraction of sp³-hybridized carbons (Fsp3) is 0.474. The van der Waals surface area contributed by atoms with Crippen LogP contribution in [-0.4, -0.2) is 35.4 Å². The molecule has 0 fully saturated rings. The first-order chi connectivity index (χ1) is 12.0. The molecule has 25 heavy (non-hydrogen) atoms. The van der Waals surface area contributed by atoms with Crippen molar-refractivity contribution in [3.8, 4) is 5.88 Å². The van der Waals surface area contributed by atoms with Crippen molar-refractivity contribution in [1.82, 2.24) is 9.78 Å². The first-order valence-electron chi connectivity index (χ1n) is 8.73. The number of carbonyl (C=O) groups is 1. The highest BCUT2D eigenvalue weighted by molar-refractivity contribution is 5.93. The van der Waals surface area contributed by atoms with Crippen molar-refractivity contribution in [2.45, 2.75) is 39.2 Å². The van der Waals surface area contributed by atoms with E-state index in [2.05, 4.69) is 46.5 Å². The standard InChI is InChI=1S/C19H26N4O2/c1-13-9-10-15-7-5-6-8-16(15)23(13)12-11-17(24)20-18-14(2)21-22(3)19(18)25-4/h5-8,13H,9-12H2,1-4H3,(H,20,24)/t13-/m0/s1. The Hall–Kier alpha value is -2.50. The third-order valence-electron chi connectivity index (χ3n) is 4.87. The first-order valence-corrected chi connectivity index (χ1v) is 8.73. The molecule has 0 aliphatic carbocycles. The average molecular weight is 342 g/mol. The molecular weight excluding hydrogens is 316 g/mol. The van der Waals surface area contributed by atoms with Crippen molar-refractivity contribution in [3.63, 3.8) is 0 Å². The van der Waals surface area contributed by atoms with Gasteiger partial charge in [0.05, 0.1) is 12.8 Å². The van der Waals surface area contributed by atoms with Gasteiger partial charge in [-0.2, -0.15) is 5.10 Å². The molecule has 134 valence electrons. The van der Waals surface area contributed by atoms with Gasteiger partial charge in [-0.25, -0.2) is 4.68 Å². The van der Waals surface area contributed by atoms with Crippen molar-refractivity contribution >= 4 is 17.3 Å². The summed E-state index contributed by atoms with van der Waals surface area (Å²) in [5.41, 5.74) is 4.03. The molecule has 1 amide bonds. The highest BCUT2D eigenvalue weighted by Gasteiger charge is 2.23. The van der Waals surface area contributed by atoms with Gasteiger partial charge in [0, 0.05) is 31.7 Å². The van der Waals surface area contributed by atoms with Gasteiger partial charge < -0.3 is 15.0 Å². The Balaban J connectivity index is 1.67. The summed E-state index contributed by atoms with van der Waals surface area (Å²) in [7, 11) is 3.38. The van der Waals surface area contributed by atoms with Crippen LogP contribution < -0.4 is 15.0 Å². The number of fused-ring (bicyclic) bond motifs is 1. The molecule has 0 bridgehead atoms. The van der Waals surface area contributed by atoms with Gasteiger partial charge in [0.25, 0.3) is 0 Å². The summed E-state index contributed by atoms with van der Waals surface area (Å²) in [6, 6.07) is 8.91. The van der Waals surface area contributed by atoms with Crippen LogP contribution in [0, 0.1) is 6.92 Å². The molecule has 0 saturated heterocycles. The number of hydrogen-bond acceptors (Lipinski definition) is 4. The maximum absolute atomic E-state index is 12.5. The lowest BCUT2D eigenvalue weighted by Gasteiger charge is -2.37. The van der Waals surface area contributed by atoms with E-state index in [0.29, 0.717) is 30.6 Å². The lowest BCUT2D eigenvalue weighted by Crippen LogP contribution is -2.39. The molecule has 0 spiro atoms. The summed E-state index contributed by atoms with van der Waals surface area (Å²) < 4.78 is 6.96. The van der Waals surface area contributed by atoms with Crippen LogP contribution in [0.2, 0.25) is 0 Å². The molecule has 0 unspecified atom stereocenters. The van der Waals surface area contributed by atoms with Crippen molar-refractivity contribution < 1.29 is 9.53 Å². The van der Waals surface area contributed by atoms with Crippen LogP contribution in [0.5, 0.6) is 5.88 Å². The summed E-state index contributed by atoms with van der Waals surface area (Å²) in [5.74, 6) is 0.548. The van der Waals surface area contributed by atoms with Crippen LogP contribution in [-0.2, 0) is 18.3 Å². The zero-order chi connectivity index (χ0) is 18.0. The number of amides is 1. The third kappa shape index (κ3) is 3.48. The number of aromatic nitrogens is 2. The van der Waals surface area contributed by atoms with E-state index in [1.165, 1.54) is 11.3 Å². The predicted molar refractivity (Wildman–Crippen MR) is 99.3 cm³/mol. The molecular formula is C19H26N4O2. The van der Waals surface area contributed by atoms with Crippen molar-refractivity contribution in [1.29, 1.82) is 0 Å². The van der Waals surface area contributed by atoms with E-state index in [0.717, 1.165) is 18.5 Å². The highest BCUT2D eigenvalue weighted by Crippen LogP contribution is 2.31. The molecule has 2 heterocycles. The molecule has 3 rings (SSSR count). The summed E-state index contributed by atoms with van der Waals surface area (Å²) in [4.78, 5) is 14.8. The van der Waals surface area contributed by atoms with Crippen LogP contribution in [0.3, 0.4) is 0 Å². The Morgan fingerprint density at radius 3 is 2.92 bits per heavy atom. The van der Waals surface area contributed by atoms with E-state index in [9.17, 15) is 4.79 Å². The molecule has 1 aliphatic rings. The lowest BCUT2D eigenvalue weighted by molar-refractivity contribution is -0.116. The highest BCUT2D eigenvalue weighted by atomic mass is 16.5. The number of carbonyl (C=O) groups excluding carboxylic acids is 1. The number of rotatable bonds is 5. The molecule has 1 aromatic heterocycles. The Morgan fingerprint density at radius 1 is 1.40 bits per heavy atom. The summed E-state index contributed by atoms with van der Waals surface area (Å²) in [6.45, 7) is 4.79. The van der Waals surface area contributed by atoms with Crippen LogP contribution in [0.1, 0.15) is 31.0 Å². The normalized spacial score (nSPS) is 16.5. The van der Waals surface area contributed by atoms with E-state index in [1.807, 2.05) is 6.92 Å². The number of ether oxygens (including phenoxy) is 1. The van der Waals surface area contributed by atoms with Gasteiger partial charge in [-0.3, -0.25) is 4.79 Å². The van der Waals surface area contributed by atoms with Crippen molar-refractivity contribution in [3.05, 3.63) is 35.5 Å². The summed E-state index contributed by atoms with van der Waals surface area (Å²) in [6.07, 6.45) is 2.65. The number of para-hydroxylation sites is 1. The molecule has 6 heteroatoms. The van der Waals surface area contributed by atoms with Crippen LogP contribution >= 0.6 is 0 Å². The average Bonchev–Trinajstić information content (AvgIpc) is 2.86. The molecule has 0 radical (unpaired) electrons. The first kappa shape index (κ1) is 17.3. The minimum absolute atomic E-state index is 0.0235. The molecule has 1 N–H and O–H groups in total. The fourth-order valence-corrected chi connectivity index (χ4v) is 3.54. The van der Waals surface area contributed by atoms with Crippen molar-refractivity contribution in [2.24, 2.45) is 7.05 Å². The Kier molecular flexibility index (Phi) is 4.97. The number of aryl methyl sites for hydroxylation is 3. The fourth-order valence-electron chi connectivity index (χ4n) is 3.54. The zero-order valence-electron chi connectivity index (χ0n) is 15.4. The van der Waals surface area contributed by atoms with Gasteiger partial charge in [-0.15, -0.1) is 0 Å². The number of methoxy groups -OCH3 is 1. The SMILES string of the molecule is COc1c(NC(=O)CCN2c3ccccc3CC[C@@H]2C)c(C)nn1C. The maximum atomic E-state index is 12.5. The third-order valence-corrected chi connectivity index (χ3v) is 4.87. The second-order valence-electron chi connectivity index (χ2n) is 6.60. The quantitative estimate of drug-likeness (QED) is 0.908. The Morgan fingerprint density at radius 2 is 2.16 bits per heavy atom. The van der Waals surface area contributed by atoms with E-state index in [1.54, 1.807) is 18.8 Å². The van der Waals surface area contributed by atoms with Gasteiger partial charge in [-0.05, 0) is 38.3 Å². The van der Waals surface area contributed by atoms with E-state index in [-0.39, 0.29) is 5.91 Å². The van der Waals surface area contributed by atoms with E-state index >= 15 is 0 Å². The molecule has 2 aromatic rings. The topological polar surface area (TPSA) is 59.4 Å². The number of anilines is 2. The molecule has 1 aromatic carbocycles. The largest absolute Gasteiger partial charge is 0.480 e.